The first-order valence-electron chi connectivity index (χ1n) is 7.15. The van der Waals surface area contributed by atoms with Gasteiger partial charge in [0.25, 0.3) is 0 Å². The van der Waals surface area contributed by atoms with Gasteiger partial charge in [-0.1, -0.05) is 12.1 Å². The number of aliphatic hydroxyl groups is 1. The number of aryl methyl sites for hydroxylation is 1. The van der Waals surface area contributed by atoms with E-state index in [1.807, 2.05) is 18.2 Å². The fourth-order valence-electron chi connectivity index (χ4n) is 2.87. The van der Waals surface area contributed by atoms with Crippen molar-refractivity contribution in [3.05, 3.63) is 59.4 Å². The van der Waals surface area contributed by atoms with Gasteiger partial charge in [-0.2, -0.15) is 0 Å². The fraction of sp³-hybridized carbons (Fsp3) is 0.353. The van der Waals surface area contributed by atoms with Crippen LogP contribution in [0, 0.1) is 0 Å². The molecule has 0 aliphatic carbocycles. The Labute approximate surface area is 119 Å². The lowest BCUT2D eigenvalue weighted by Gasteiger charge is -2.28. The molecule has 0 radical (unpaired) electrons. The summed E-state index contributed by atoms with van der Waals surface area (Å²) in [5, 5.41) is 10.4. The average molecular weight is 268 g/mol. The lowest BCUT2D eigenvalue weighted by molar-refractivity contribution is 0.178. The van der Waals surface area contributed by atoms with Crippen LogP contribution in [0.1, 0.15) is 29.2 Å². The first kappa shape index (κ1) is 13.1. The molecular weight excluding hydrogens is 248 g/mol. The van der Waals surface area contributed by atoms with Gasteiger partial charge in [0.2, 0.25) is 0 Å². The van der Waals surface area contributed by atoms with E-state index in [1.165, 1.54) is 17.7 Å². The van der Waals surface area contributed by atoms with E-state index in [-0.39, 0.29) is 0 Å². The predicted molar refractivity (Wildman–Crippen MR) is 80.9 cm³/mol. The van der Waals surface area contributed by atoms with Gasteiger partial charge in [-0.05, 0) is 47.7 Å². The van der Waals surface area contributed by atoms with Crippen LogP contribution < -0.4 is 4.90 Å². The number of hydrogen-bond acceptors (Lipinski definition) is 3. The molecule has 2 aromatic rings. The van der Waals surface area contributed by atoms with Crippen LogP contribution in [0.5, 0.6) is 0 Å². The highest BCUT2D eigenvalue weighted by Crippen LogP contribution is 2.29. The molecule has 0 saturated carbocycles. The predicted octanol–water partition coefficient (Wildman–Crippen LogP) is 2.74. The Hall–Kier alpha value is -1.87. The molecule has 2 heterocycles. The molecule has 1 aromatic carbocycles. The molecule has 0 saturated heterocycles. The first-order chi connectivity index (χ1) is 9.74. The molecule has 1 unspecified atom stereocenters. The first-order valence-corrected chi connectivity index (χ1v) is 7.15. The number of rotatable bonds is 3. The van der Waals surface area contributed by atoms with Crippen LogP contribution in [0.2, 0.25) is 0 Å². The van der Waals surface area contributed by atoms with Crippen LogP contribution in [-0.4, -0.2) is 23.7 Å². The number of anilines is 1. The topological polar surface area (TPSA) is 36.4 Å². The van der Waals surface area contributed by atoms with Crippen molar-refractivity contribution in [1.82, 2.24) is 4.98 Å². The van der Waals surface area contributed by atoms with Gasteiger partial charge in [-0.25, -0.2) is 0 Å². The van der Waals surface area contributed by atoms with Crippen LogP contribution in [0.3, 0.4) is 0 Å². The number of benzene rings is 1. The molecule has 0 bridgehead atoms. The van der Waals surface area contributed by atoms with Crippen LogP contribution >= 0.6 is 0 Å². The second-order valence-corrected chi connectivity index (χ2v) is 5.49. The quantitative estimate of drug-likeness (QED) is 0.930. The minimum atomic E-state index is -0.449. The number of hydrogen-bond donors (Lipinski definition) is 1. The van der Waals surface area contributed by atoms with Gasteiger partial charge < -0.3 is 10.0 Å². The number of fused-ring (bicyclic) bond motifs is 1. The van der Waals surface area contributed by atoms with Gasteiger partial charge in [0.05, 0.1) is 6.10 Å². The Bertz CT molecular complexity index is 583. The summed E-state index contributed by atoms with van der Waals surface area (Å²) in [6.07, 6.45) is 6.02. The Morgan fingerprint density at radius 1 is 1.25 bits per heavy atom. The van der Waals surface area contributed by atoms with E-state index in [0.29, 0.717) is 6.42 Å². The Morgan fingerprint density at radius 2 is 2.05 bits per heavy atom. The summed E-state index contributed by atoms with van der Waals surface area (Å²) in [5.41, 5.74) is 4.78. The summed E-state index contributed by atoms with van der Waals surface area (Å²) in [7, 11) is 2.13. The maximum atomic E-state index is 10.4. The summed E-state index contributed by atoms with van der Waals surface area (Å²) >= 11 is 0. The SMILES string of the molecule is CN1CCCc2cc(C(O)Cc3ccncc3)ccc21. The zero-order valence-corrected chi connectivity index (χ0v) is 11.8. The second-order valence-electron chi connectivity index (χ2n) is 5.49. The highest BCUT2D eigenvalue weighted by Gasteiger charge is 2.16. The van der Waals surface area contributed by atoms with Crippen molar-refractivity contribution in [2.45, 2.75) is 25.4 Å². The summed E-state index contributed by atoms with van der Waals surface area (Å²) < 4.78 is 0. The lowest BCUT2D eigenvalue weighted by atomic mass is 9.95. The van der Waals surface area contributed by atoms with Crippen molar-refractivity contribution >= 4 is 5.69 Å². The molecule has 0 spiro atoms. The third-order valence-electron chi connectivity index (χ3n) is 4.02. The molecule has 3 rings (SSSR count). The molecule has 104 valence electrons. The van der Waals surface area contributed by atoms with Crippen molar-refractivity contribution in [1.29, 1.82) is 0 Å². The van der Waals surface area contributed by atoms with Crippen molar-refractivity contribution < 1.29 is 5.11 Å². The number of nitrogens with zero attached hydrogens (tertiary/aromatic N) is 2. The highest BCUT2D eigenvalue weighted by atomic mass is 16.3. The fourth-order valence-corrected chi connectivity index (χ4v) is 2.87. The Morgan fingerprint density at radius 3 is 2.85 bits per heavy atom. The maximum absolute atomic E-state index is 10.4. The monoisotopic (exact) mass is 268 g/mol. The molecule has 1 aromatic heterocycles. The van der Waals surface area contributed by atoms with E-state index in [4.69, 9.17) is 0 Å². The molecule has 3 heteroatoms. The lowest BCUT2D eigenvalue weighted by Crippen LogP contribution is -2.24. The van der Waals surface area contributed by atoms with Crippen LogP contribution in [0.15, 0.2) is 42.7 Å². The smallest absolute Gasteiger partial charge is 0.0830 e. The number of aliphatic hydroxyl groups excluding tert-OH is 1. The van der Waals surface area contributed by atoms with E-state index in [0.717, 1.165) is 24.1 Å². The van der Waals surface area contributed by atoms with Crippen LogP contribution in [0.4, 0.5) is 5.69 Å². The van der Waals surface area contributed by atoms with Crippen LogP contribution in [0.25, 0.3) is 0 Å². The van der Waals surface area contributed by atoms with Gasteiger partial charge in [-0.3, -0.25) is 4.98 Å². The minimum Gasteiger partial charge on any atom is -0.388 e. The van der Waals surface area contributed by atoms with E-state index in [9.17, 15) is 5.11 Å². The summed E-state index contributed by atoms with van der Waals surface area (Å²) in [6, 6.07) is 10.3. The summed E-state index contributed by atoms with van der Waals surface area (Å²) in [5.74, 6) is 0. The highest BCUT2D eigenvalue weighted by molar-refractivity contribution is 5.56. The second kappa shape index (κ2) is 5.63. The van der Waals surface area contributed by atoms with E-state index < -0.39 is 6.10 Å². The minimum absolute atomic E-state index is 0.449. The van der Waals surface area contributed by atoms with Gasteiger partial charge in [0.1, 0.15) is 0 Å². The Balaban J connectivity index is 1.80. The number of pyridine rings is 1. The zero-order chi connectivity index (χ0) is 13.9. The largest absolute Gasteiger partial charge is 0.388 e. The van der Waals surface area contributed by atoms with E-state index in [1.54, 1.807) is 12.4 Å². The molecule has 1 aliphatic heterocycles. The third-order valence-corrected chi connectivity index (χ3v) is 4.02. The average Bonchev–Trinajstić information content (AvgIpc) is 2.48. The van der Waals surface area contributed by atoms with Crippen molar-refractivity contribution in [3.8, 4) is 0 Å². The van der Waals surface area contributed by atoms with Gasteiger partial charge in [-0.15, -0.1) is 0 Å². The van der Waals surface area contributed by atoms with Crippen molar-refractivity contribution in [2.75, 3.05) is 18.5 Å². The van der Waals surface area contributed by atoms with Crippen molar-refractivity contribution in [3.63, 3.8) is 0 Å². The molecule has 1 atom stereocenters. The molecule has 1 N–H and O–H groups in total. The molecule has 0 amide bonds. The van der Waals surface area contributed by atoms with E-state index in [2.05, 4.69) is 29.1 Å². The molecule has 0 fully saturated rings. The van der Waals surface area contributed by atoms with Crippen LogP contribution in [-0.2, 0) is 12.8 Å². The molecular formula is C17H20N2O. The maximum Gasteiger partial charge on any atom is 0.0830 e. The van der Waals surface area contributed by atoms with Gasteiger partial charge >= 0.3 is 0 Å². The Kier molecular flexibility index (Phi) is 3.70. The summed E-state index contributed by atoms with van der Waals surface area (Å²) in [4.78, 5) is 6.29. The standard InChI is InChI=1S/C17H20N2O/c1-19-10-2-3-14-12-15(4-5-16(14)19)17(20)11-13-6-8-18-9-7-13/h4-9,12,17,20H,2-3,10-11H2,1H3. The van der Waals surface area contributed by atoms with Crippen molar-refractivity contribution in [2.24, 2.45) is 0 Å². The molecule has 3 nitrogen and oxygen atoms in total. The molecule has 20 heavy (non-hydrogen) atoms. The molecule has 1 aliphatic rings. The van der Waals surface area contributed by atoms with Gasteiger partial charge in [0.15, 0.2) is 0 Å². The zero-order valence-electron chi connectivity index (χ0n) is 11.8. The normalized spacial score (nSPS) is 15.8. The van der Waals surface area contributed by atoms with E-state index >= 15 is 0 Å². The van der Waals surface area contributed by atoms with Gasteiger partial charge in [0, 0.05) is 38.1 Å². The third kappa shape index (κ3) is 2.68. The summed E-state index contributed by atoms with van der Waals surface area (Å²) in [6.45, 7) is 1.12. The number of aromatic nitrogens is 1.